The first-order chi connectivity index (χ1) is 10.6. The van der Waals surface area contributed by atoms with Crippen LogP contribution in [0.5, 0.6) is 11.5 Å². The highest BCUT2D eigenvalue weighted by atomic mass is 16.5. The lowest BCUT2D eigenvalue weighted by Gasteiger charge is -2.13. The van der Waals surface area contributed by atoms with Crippen LogP contribution in [-0.4, -0.2) is 31.0 Å². The predicted octanol–water partition coefficient (Wildman–Crippen LogP) is 2.21. The normalized spacial score (nSPS) is 13.3. The van der Waals surface area contributed by atoms with Gasteiger partial charge in [-0.3, -0.25) is 9.59 Å². The van der Waals surface area contributed by atoms with Crippen molar-refractivity contribution in [1.82, 2.24) is 4.98 Å². The van der Waals surface area contributed by atoms with Crippen LogP contribution < -0.4 is 14.4 Å². The number of aryl methyl sites for hydroxylation is 1. The monoisotopic (exact) mass is 298 g/mol. The Morgan fingerprint density at radius 1 is 1.00 bits per heavy atom. The van der Waals surface area contributed by atoms with E-state index < -0.39 is 11.8 Å². The van der Waals surface area contributed by atoms with E-state index >= 15 is 0 Å². The molecule has 112 valence electrons. The summed E-state index contributed by atoms with van der Waals surface area (Å²) in [6, 6.07) is 6.60. The molecule has 0 unspecified atom stereocenters. The quantitative estimate of drug-likeness (QED) is 0.813. The first-order valence-corrected chi connectivity index (χ1v) is 6.65. The molecule has 2 heterocycles. The number of amides is 2. The molecule has 6 nitrogen and oxygen atoms in total. The molecule has 0 fully saturated rings. The molecule has 0 bridgehead atoms. The number of imide groups is 1. The highest BCUT2D eigenvalue weighted by Crippen LogP contribution is 2.39. The second-order valence-electron chi connectivity index (χ2n) is 4.86. The number of ether oxygens (including phenoxy) is 2. The second kappa shape index (κ2) is 5.14. The number of hydrogen-bond acceptors (Lipinski definition) is 5. The van der Waals surface area contributed by atoms with Gasteiger partial charge in [-0.25, -0.2) is 9.88 Å². The fraction of sp³-hybridized carbons (Fsp3) is 0.188. The van der Waals surface area contributed by atoms with Crippen molar-refractivity contribution < 1.29 is 19.1 Å². The van der Waals surface area contributed by atoms with Crippen LogP contribution in [0.4, 0.5) is 5.82 Å². The molecule has 1 aliphatic rings. The Bertz CT molecular complexity index is 768. The summed E-state index contributed by atoms with van der Waals surface area (Å²) in [4.78, 5) is 30.4. The van der Waals surface area contributed by atoms with Crippen molar-refractivity contribution in [3.63, 3.8) is 0 Å². The van der Waals surface area contributed by atoms with Gasteiger partial charge in [0.25, 0.3) is 11.8 Å². The number of pyridine rings is 1. The van der Waals surface area contributed by atoms with Gasteiger partial charge in [-0.15, -0.1) is 0 Å². The Kier molecular flexibility index (Phi) is 3.29. The van der Waals surface area contributed by atoms with Crippen LogP contribution in [0.15, 0.2) is 30.5 Å². The van der Waals surface area contributed by atoms with Gasteiger partial charge >= 0.3 is 0 Å². The number of fused-ring (bicyclic) bond motifs is 1. The molecule has 0 N–H and O–H groups in total. The van der Waals surface area contributed by atoms with Gasteiger partial charge in [-0.05, 0) is 30.7 Å². The summed E-state index contributed by atoms with van der Waals surface area (Å²) in [5.74, 6) is 0.0660. The van der Waals surface area contributed by atoms with Gasteiger partial charge in [-0.1, -0.05) is 6.07 Å². The zero-order valence-corrected chi connectivity index (χ0v) is 12.4. The van der Waals surface area contributed by atoms with Crippen molar-refractivity contribution in [3.05, 3.63) is 47.2 Å². The zero-order chi connectivity index (χ0) is 15.9. The maximum absolute atomic E-state index is 12.7. The van der Waals surface area contributed by atoms with Crippen LogP contribution in [0, 0.1) is 6.92 Å². The Hall–Kier alpha value is -2.89. The third kappa shape index (κ3) is 1.92. The number of anilines is 1. The van der Waals surface area contributed by atoms with Crippen molar-refractivity contribution in [2.45, 2.75) is 6.92 Å². The van der Waals surface area contributed by atoms with E-state index in [-0.39, 0.29) is 22.7 Å². The van der Waals surface area contributed by atoms with E-state index in [0.29, 0.717) is 5.75 Å². The minimum Gasteiger partial charge on any atom is -0.493 e. The Labute approximate surface area is 127 Å². The van der Waals surface area contributed by atoms with Crippen molar-refractivity contribution in [1.29, 1.82) is 0 Å². The fourth-order valence-electron chi connectivity index (χ4n) is 2.44. The molecular formula is C16H14N2O4. The first kappa shape index (κ1) is 14.1. The summed E-state index contributed by atoms with van der Waals surface area (Å²) >= 11 is 0. The molecule has 0 aliphatic carbocycles. The highest BCUT2D eigenvalue weighted by molar-refractivity contribution is 6.35. The van der Waals surface area contributed by atoms with Gasteiger partial charge in [0, 0.05) is 6.20 Å². The number of carbonyl (C=O) groups is 2. The molecular weight excluding hydrogens is 284 g/mol. The van der Waals surface area contributed by atoms with Crippen molar-refractivity contribution in [3.8, 4) is 11.5 Å². The zero-order valence-electron chi connectivity index (χ0n) is 12.4. The minimum absolute atomic E-state index is 0.203. The molecule has 2 amide bonds. The molecule has 0 saturated carbocycles. The average Bonchev–Trinajstić information content (AvgIpc) is 2.79. The largest absolute Gasteiger partial charge is 0.493 e. The fourth-order valence-corrected chi connectivity index (χ4v) is 2.44. The number of hydrogen-bond donors (Lipinski definition) is 0. The average molecular weight is 298 g/mol. The van der Waals surface area contributed by atoms with Crippen molar-refractivity contribution in [2.24, 2.45) is 0 Å². The van der Waals surface area contributed by atoms with Gasteiger partial charge in [0.1, 0.15) is 5.82 Å². The predicted molar refractivity (Wildman–Crippen MR) is 79.7 cm³/mol. The van der Waals surface area contributed by atoms with E-state index in [4.69, 9.17) is 9.47 Å². The van der Waals surface area contributed by atoms with Crippen LogP contribution in [-0.2, 0) is 0 Å². The molecule has 3 rings (SSSR count). The molecule has 0 atom stereocenters. The van der Waals surface area contributed by atoms with E-state index in [1.54, 1.807) is 30.5 Å². The molecule has 1 aromatic heterocycles. The van der Waals surface area contributed by atoms with Crippen molar-refractivity contribution >= 4 is 17.6 Å². The smallest absolute Gasteiger partial charge is 0.271 e. The van der Waals surface area contributed by atoms with Gasteiger partial charge < -0.3 is 9.47 Å². The standard InChI is InChI=1S/C16H14N2O4/c1-9-4-7-12(17-8-9)18-15(19)10-5-6-11(21-2)14(22-3)13(10)16(18)20/h4-8H,1-3H3. The SMILES string of the molecule is COc1ccc2c(c1OC)C(=O)N(c1ccc(C)cn1)C2=O. The highest BCUT2D eigenvalue weighted by Gasteiger charge is 2.41. The summed E-state index contributed by atoms with van der Waals surface area (Å²) in [5, 5.41) is 0. The number of carbonyl (C=O) groups excluding carboxylic acids is 2. The van der Waals surface area contributed by atoms with Crippen LogP contribution in [0.3, 0.4) is 0 Å². The summed E-state index contributed by atoms with van der Waals surface area (Å²) in [6.07, 6.45) is 1.61. The maximum atomic E-state index is 12.7. The van der Waals surface area contributed by atoms with Crippen LogP contribution >= 0.6 is 0 Å². The number of rotatable bonds is 3. The van der Waals surface area contributed by atoms with Gasteiger partial charge in [-0.2, -0.15) is 0 Å². The molecule has 6 heteroatoms. The Balaban J connectivity index is 2.14. The summed E-state index contributed by atoms with van der Waals surface area (Å²) in [5.41, 5.74) is 1.43. The van der Waals surface area contributed by atoms with Crippen molar-refractivity contribution in [2.75, 3.05) is 19.1 Å². The molecule has 0 spiro atoms. The first-order valence-electron chi connectivity index (χ1n) is 6.65. The van der Waals surface area contributed by atoms with Crippen LogP contribution in [0.1, 0.15) is 26.3 Å². The van der Waals surface area contributed by atoms with E-state index in [9.17, 15) is 9.59 Å². The second-order valence-corrected chi connectivity index (χ2v) is 4.86. The summed E-state index contributed by atoms with van der Waals surface area (Å²) < 4.78 is 10.4. The summed E-state index contributed by atoms with van der Waals surface area (Å²) in [7, 11) is 2.91. The van der Waals surface area contributed by atoms with Crippen LogP contribution in [0.25, 0.3) is 0 Å². The summed E-state index contributed by atoms with van der Waals surface area (Å²) in [6.45, 7) is 1.88. The van der Waals surface area contributed by atoms with E-state index in [1.165, 1.54) is 14.2 Å². The van der Waals surface area contributed by atoms with E-state index in [1.807, 2.05) is 6.92 Å². The number of methoxy groups -OCH3 is 2. The van der Waals surface area contributed by atoms with Gasteiger partial charge in [0.2, 0.25) is 0 Å². The maximum Gasteiger partial charge on any atom is 0.271 e. The lowest BCUT2D eigenvalue weighted by molar-refractivity contribution is 0.0924. The molecule has 1 aromatic carbocycles. The Morgan fingerprint density at radius 3 is 2.36 bits per heavy atom. The Morgan fingerprint density at radius 2 is 1.77 bits per heavy atom. The van der Waals surface area contributed by atoms with Gasteiger partial charge in [0.15, 0.2) is 11.5 Å². The number of benzene rings is 1. The lowest BCUT2D eigenvalue weighted by Crippen LogP contribution is -2.30. The molecule has 0 radical (unpaired) electrons. The molecule has 2 aromatic rings. The lowest BCUT2D eigenvalue weighted by atomic mass is 10.1. The third-order valence-electron chi connectivity index (χ3n) is 3.52. The van der Waals surface area contributed by atoms with Gasteiger partial charge in [0.05, 0.1) is 25.3 Å². The van der Waals surface area contributed by atoms with E-state index in [0.717, 1.165) is 10.5 Å². The third-order valence-corrected chi connectivity index (χ3v) is 3.52. The topological polar surface area (TPSA) is 68.7 Å². The van der Waals surface area contributed by atoms with Crippen LogP contribution in [0.2, 0.25) is 0 Å². The minimum atomic E-state index is -0.466. The number of aromatic nitrogens is 1. The molecule has 22 heavy (non-hydrogen) atoms. The number of nitrogens with zero attached hydrogens (tertiary/aromatic N) is 2. The molecule has 1 aliphatic heterocycles. The molecule has 0 saturated heterocycles. The van der Waals surface area contributed by atoms with E-state index in [2.05, 4.69) is 4.98 Å².